The first-order chi connectivity index (χ1) is 8.15. The topological polar surface area (TPSA) is 90.2 Å². The van der Waals surface area contributed by atoms with Gasteiger partial charge in [0.15, 0.2) is 0 Å². The van der Waals surface area contributed by atoms with Gasteiger partial charge in [-0.1, -0.05) is 0 Å². The van der Waals surface area contributed by atoms with Gasteiger partial charge in [0, 0.05) is 19.2 Å². The second-order valence-electron chi connectivity index (χ2n) is 3.68. The zero-order valence-corrected chi connectivity index (χ0v) is 9.41. The number of amides is 1. The van der Waals surface area contributed by atoms with Crippen LogP contribution in [0.3, 0.4) is 0 Å². The van der Waals surface area contributed by atoms with Crippen LogP contribution in [0.15, 0.2) is 29.3 Å². The molecule has 2 aromatic heterocycles. The SMILES string of the molecule is CN(Cc1ccoc1)C(=O)Cn1cnc(N)n1. The number of aromatic nitrogens is 3. The predicted octanol–water partition coefficient (Wildman–Crippen LogP) is 0.112. The lowest BCUT2D eigenvalue weighted by molar-refractivity contribution is -0.131. The zero-order chi connectivity index (χ0) is 12.3. The van der Waals surface area contributed by atoms with Gasteiger partial charge < -0.3 is 15.1 Å². The molecule has 0 bridgehead atoms. The Kier molecular flexibility index (Phi) is 3.08. The van der Waals surface area contributed by atoms with Crippen molar-refractivity contribution in [3.8, 4) is 0 Å². The van der Waals surface area contributed by atoms with E-state index < -0.39 is 0 Å². The van der Waals surface area contributed by atoms with Gasteiger partial charge in [0.1, 0.15) is 12.9 Å². The summed E-state index contributed by atoms with van der Waals surface area (Å²) in [6.45, 7) is 0.623. The molecule has 2 aromatic rings. The number of anilines is 1. The normalized spacial score (nSPS) is 10.4. The molecule has 0 radical (unpaired) electrons. The first kappa shape index (κ1) is 11.2. The Balaban J connectivity index is 1.91. The maximum atomic E-state index is 11.8. The third-order valence-electron chi connectivity index (χ3n) is 2.28. The third kappa shape index (κ3) is 2.83. The molecule has 0 aliphatic heterocycles. The Hall–Kier alpha value is -2.31. The molecular formula is C10H13N5O2. The first-order valence-corrected chi connectivity index (χ1v) is 5.05. The molecule has 2 rings (SSSR count). The fourth-order valence-electron chi connectivity index (χ4n) is 1.39. The van der Waals surface area contributed by atoms with E-state index in [4.69, 9.17) is 10.2 Å². The molecular weight excluding hydrogens is 222 g/mol. The minimum absolute atomic E-state index is 0.0731. The number of likely N-dealkylation sites (N-methyl/N-ethyl adjacent to an activating group) is 1. The van der Waals surface area contributed by atoms with Crippen molar-refractivity contribution in [3.05, 3.63) is 30.5 Å². The summed E-state index contributed by atoms with van der Waals surface area (Å²) < 4.78 is 6.34. The minimum atomic E-state index is -0.0731. The molecule has 17 heavy (non-hydrogen) atoms. The molecule has 0 aliphatic rings. The van der Waals surface area contributed by atoms with Crippen LogP contribution in [0, 0.1) is 0 Å². The van der Waals surface area contributed by atoms with Crippen molar-refractivity contribution < 1.29 is 9.21 Å². The van der Waals surface area contributed by atoms with E-state index in [1.54, 1.807) is 24.5 Å². The van der Waals surface area contributed by atoms with E-state index >= 15 is 0 Å². The van der Waals surface area contributed by atoms with Gasteiger partial charge in [-0.15, -0.1) is 5.10 Å². The van der Waals surface area contributed by atoms with Gasteiger partial charge in [-0.3, -0.25) is 4.79 Å². The second kappa shape index (κ2) is 4.69. The van der Waals surface area contributed by atoms with Gasteiger partial charge in [0.05, 0.1) is 12.5 Å². The number of nitrogens with zero attached hydrogens (tertiary/aromatic N) is 4. The van der Waals surface area contributed by atoms with Gasteiger partial charge in [-0.05, 0) is 6.07 Å². The van der Waals surface area contributed by atoms with Crippen molar-refractivity contribution in [2.24, 2.45) is 0 Å². The number of hydrogen-bond acceptors (Lipinski definition) is 5. The molecule has 0 saturated carbocycles. The van der Waals surface area contributed by atoms with Crippen molar-refractivity contribution in [3.63, 3.8) is 0 Å². The number of nitrogen functional groups attached to an aromatic ring is 1. The monoisotopic (exact) mass is 235 g/mol. The minimum Gasteiger partial charge on any atom is -0.472 e. The van der Waals surface area contributed by atoms with Gasteiger partial charge in [-0.2, -0.15) is 0 Å². The molecule has 7 heteroatoms. The van der Waals surface area contributed by atoms with E-state index in [0.29, 0.717) is 6.54 Å². The molecule has 0 unspecified atom stereocenters. The highest BCUT2D eigenvalue weighted by atomic mass is 16.3. The van der Waals surface area contributed by atoms with Gasteiger partial charge in [-0.25, -0.2) is 9.67 Å². The summed E-state index contributed by atoms with van der Waals surface area (Å²) in [6, 6.07) is 1.82. The molecule has 0 spiro atoms. The molecule has 0 fully saturated rings. The van der Waals surface area contributed by atoms with Crippen LogP contribution in [-0.2, 0) is 17.9 Å². The number of rotatable bonds is 4. The van der Waals surface area contributed by atoms with Crippen LogP contribution in [0.5, 0.6) is 0 Å². The Bertz CT molecular complexity index is 491. The van der Waals surface area contributed by atoms with Crippen LogP contribution in [0.25, 0.3) is 0 Å². The lowest BCUT2D eigenvalue weighted by Gasteiger charge is -2.15. The molecule has 7 nitrogen and oxygen atoms in total. The summed E-state index contributed by atoms with van der Waals surface area (Å²) in [5.74, 6) is 0.0892. The average Bonchev–Trinajstić information content (AvgIpc) is 2.90. The van der Waals surface area contributed by atoms with Crippen LogP contribution in [0.2, 0.25) is 0 Å². The average molecular weight is 235 g/mol. The van der Waals surface area contributed by atoms with Crippen LogP contribution in [-0.4, -0.2) is 32.6 Å². The third-order valence-corrected chi connectivity index (χ3v) is 2.28. The van der Waals surface area contributed by atoms with Crippen LogP contribution in [0.4, 0.5) is 5.95 Å². The highest BCUT2D eigenvalue weighted by Gasteiger charge is 2.11. The van der Waals surface area contributed by atoms with Crippen LogP contribution in [0.1, 0.15) is 5.56 Å². The Morgan fingerprint density at radius 1 is 1.65 bits per heavy atom. The summed E-state index contributed by atoms with van der Waals surface area (Å²) in [4.78, 5) is 17.1. The predicted molar refractivity (Wildman–Crippen MR) is 59.6 cm³/mol. The maximum Gasteiger partial charge on any atom is 0.244 e. The molecule has 1 amide bonds. The zero-order valence-electron chi connectivity index (χ0n) is 9.41. The quantitative estimate of drug-likeness (QED) is 0.812. The Morgan fingerprint density at radius 2 is 2.47 bits per heavy atom. The van der Waals surface area contributed by atoms with E-state index in [0.717, 1.165) is 5.56 Å². The molecule has 0 aromatic carbocycles. The number of carbonyl (C=O) groups excluding carboxylic acids is 1. The second-order valence-corrected chi connectivity index (χ2v) is 3.68. The Labute approximate surface area is 97.8 Å². The lowest BCUT2D eigenvalue weighted by atomic mass is 10.3. The van der Waals surface area contributed by atoms with Crippen molar-refractivity contribution >= 4 is 11.9 Å². The molecule has 0 aliphatic carbocycles. The molecule has 0 atom stereocenters. The van der Waals surface area contributed by atoms with Crippen molar-refractivity contribution in [1.82, 2.24) is 19.7 Å². The number of furan rings is 1. The highest BCUT2D eigenvalue weighted by Crippen LogP contribution is 2.04. The fraction of sp³-hybridized carbons (Fsp3) is 0.300. The van der Waals surface area contributed by atoms with Crippen LogP contribution >= 0.6 is 0 Å². The van der Waals surface area contributed by atoms with E-state index in [2.05, 4.69) is 10.1 Å². The van der Waals surface area contributed by atoms with Crippen molar-refractivity contribution in [2.45, 2.75) is 13.1 Å². The van der Waals surface area contributed by atoms with E-state index in [1.807, 2.05) is 6.07 Å². The van der Waals surface area contributed by atoms with E-state index in [1.165, 1.54) is 11.0 Å². The first-order valence-electron chi connectivity index (χ1n) is 5.05. The summed E-state index contributed by atoms with van der Waals surface area (Å²) in [6.07, 6.45) is 4.61. The largest absolute Gasteiger partial charge is 0.472 e. The van der Waals surface area contributed by atoms with Crippen molar-refractivity contribution in [2.75, 3.05) is 12.8 Å². The maximum absolute atomic E-state index is 11.8. The van der Waals surface area contributed by atoms with Crippen molar-refractivity contribution in [1.29, 1.82) is 0 Å². The molecule has 2 N–H and O–H groups in total. The van der Waals surface area contributed by atoms with Crippen LogP contribution < -0.4 is 5.73 Å². The number of nitrogens with two attached hydrogens (primary N) is 1. The standard InChI is InChI=1S/C10H13N5O2/c1-14(4-8-2-3-17-6-8)9(16)5-15-7-12-10(11)13-15/h2-3,6-7H,4-5H2,1H3,(H2,11,13). The molecule has 0 saturated heterocycles. The summed E-state index contributed by atoms with van der Waals surface area (Å²) >= 11 is 0. The Morgan fingerprint density at radius 3 is 3.06 bits per heavy atom. The van der Waals surface area contributed by atoms with Gasteiger partial charge >= 0.3 is 0 Å². The molecule has 2 heterocycles. The number of hydrogen-bond donors (Lipinski definition) is 1. The summed E-state index contributed by atoms with van der Waals surface area (Å²) in [5, 5.41) is 3.85. The summed E-state index contributed by atoms with van der Waals surface area (Å²) in [5.41, 5.74) is 6.30. The highest BCUT2D eigenvalue weighted by molar-refractivity contribution is 5.75. The van der Waals surface area contributed by atoms with Gasteiger partial charge in [0.2, 0.25) is 11.9 Å². The van der Waals surface area contributed by atoms with E-state index in [-0.39, 0.29) is 18.4 Å². The van der Waals surface area contributed by atoms with Gasteiger partial charge in [0.25, 0.3) is 0 Å². The molecule has 90 valence electrons. The van der Waals surface area contributed by atoms with E-state index in [9.17, 15) is 4.79 Å². The fourth-order valence-corrected chi connectivity index (χ4v) is 1.39. The number of carbonyl (C=O) groups is 1. The smallest absolute Gasteiger partial charge is 0.244 e. The summed E-state index contributed by atoms with van der Waals surface area (Å²) in [7, 11) is 1.72. The lowest BCUT2D eigenvalue weighted by Crippen LogP contribution is -2.29.